The molecule has 0 radical (unpaired) electrons. The van der Waals surface area contributed by atoms with E-state index in [1.807, 2.05) is 63.2 Å². The molecule has 2 aromatic rings. The van der Waals surface area contributed by atoms with Gasteiger partial charge in [-0.2, -0.15) is 0 Å². The van der Waals surface area contributed by atoms with Gasteiger partial charge in [0, 0.05) is 12.2 Å². The van der Waals surface area contributed by atoms with Gasteiger partial charge in [-0.3, -0.25) is 14.5 Å². The Bertz CT molecular complexity index is 749. The van der Waals surface area contributed by atoms with Crippen molar-refractivity contribution < 1.29 is 9.59 Å². The Kier molecular flexibility index (Phi) is 6.92. The molecule has 0 aliphatic carbocycles. The van der Waals surface area contributed by atoms with Crippen LogP contribution in [0.15, 0.2) is 42.5 Å². The van der Waals surface area contributed by atoms with Crippen LogP contribution in [0.3, 0.4) is 0 Å². The number of anilines is 1. The fourth-order valence-electron chi connectivity index (χ4n) is 2.95. The minimum Gasteiger partial charge on any atom is -0.351 e. The van der Waals surface area contributed by atoms with Crippen molar-refractivity contribution in [1.29, 1.82) is 0 Å². The lowest BCUT2D eigenvalue weighted by Crippen LogP contribution is -2.38. The molecule has 5 heteroatoms. The van der Waals surface area contributed by atoms with E-state index in [2.05, 4.69) is 10.6 Å². The molecule has 0 heterocycles. The fourth-order valence-corrected chi connectivity index (χ4v) is 2.95. The minimum atomic E-state index is -0.126. The molecule has 26 heavy (non-hydrogen) atoms. The number of amides is 2. The molecular formula is C21H27N3O2. The van der Waals surface area contributed by atoms with E-state index in [-0.39, 0.29) is 24.9 Å². The smallest absolute Gasteiger partial charge is 0.238 e. The Labute approximate surface area is 155 Å². The number of nitrogens with zero attached hydrogens (tertiary/aromatic N) is 1. The van der Waals surface area contributed by atoms with E-state index in [4.69, 9.17) is 0 Å². The Morgan fingerprint density at radius 2 is 1.50 bits per heavy atom. The SMILES string of the molecule is Cc1cc(C)c(NC(=O)CN(C)CC(=O)NCc2ccccc2)c(C)c1. The van der Waals surface area contributed by atoms with Crippen molar-refractivity contribution in [2.24, 2.45) is 0 Å². The third-order valence-electron chi connectivity index (χ3n) is 4.10. The highest BCUT2D eigenvalue weighted by Crippen LogP contribution is 2.21. The molecule has 0 saturated heterocycles. The van der Waals surface area contributed by atoms with Crippen LogP contribution in [-0.2, 0) is 16.1 Å². The van der Waals surface area contributed by atoms with Crippen molar-refractivity contribution in [3.63, 3.8) is 0 Å². The zero-order valence-electron chi connectivity index (χ0n) is 15.9. The molecule has 2 aromatic carbocycles. The highest BCUT2D eigenvalue weighted by molar-refractivity contribution is 5.94. The van der Waals surface area contributed by atoms with E-state index >= 15 is 0 Å². The van der Waals surface area contributed by atoms with Crippen LogP contribution in [0.5, 0.6) is 0 Å². The van der Waals surface area contributed by atoms with Crippen LogP contribution in [0.4, 0.5) is 5.69 Å². The third-order valence-corrected chi connectivity index (χ3v) is 4.10. The van der Waals surface area contributed by atoms with Gasteiger partial charge in [0.05, 0.1) is 13.1 Å². The van der Waals surface area contributed by atoms with E-state index in [0.717, 1.165) is 22.4 Å². The number of hydrogen-bond acceptors (Lipinski definition) is 3. The van der Waals surface area contributed by atoms with Gasteiger partial charge < -0.3 is 10.6 Å². The monoisotopic (exact) mass is 353 g/mol. The number of likely N-dealkylation sites (N-methyl/N-ethyl adjacent to an activating group) is 1. The van der Waals surface area contributed by atoms with E-state index < -0.39 is 0 Å². The van der Waals surface area contributed by atoms with Crippen molar-refractivity contribution in [2.45, 2.75) is 27.3 Å². The summed E-state index contributed by atoms with van der Waals surface area (Å²) in [6.45, 7) is 6.82. The van der Waals surface area contributed by atoms with Crippen molar-refractivity contribution in [1.82, 2.24) is 10.2 Å². The summed E-state index contributed by atoms with van der Waals surface area (Å²) in [5.41, 5.74) is 5.15. The lowest BCUT2D eigenvalue weighted by Gasteiger charge is -2.18. The number of nitrogens with one attached hydrogen (secondary N) is 2. The summed E-state index contributed by atoms with van der Waals surface area (Å²) < 4.78 is 0. The summed E-state index contributed by atoms with van der Waals surface area (Å²) in [5.74, 6) is -0.231. The van der Waals surface area contributed by atoms with Gasteiger partial charge in [0.25, 0.3) is 0 Å². The maximum atomic E-state index is 12.3. The Morgan fingerprint density at radius 3 is 2.12 bits per heavy atom. The second-order valence-corrected chi connectivity index (χ2v) is 6.76. The normalized spacial score (nSPS) is 10.7. The summed E-state index contributed by atoms with van der Waals surface area (Å²) >= 11 is 0. The van der Waals surface area contributed by atoms with Crippen LogP contribution in [0.25, 0.3) is 0 Å². The molecule has 0 spiro atoms. The summed E-state index contributed by atoms with van der Waals surface area (Å²) in [6.07, 6.45) is 0. The Morgan fingerprint density at radius 1 is 0.923 bits per heavy atom. The predicted molar refractivity (Wildman–Crippen MR) is 105 cm³/mol. The number of carbonyl (C=O) groups excluding carboxylic acids is 2. The van der Waals surface area contributed by atoms with Gasteiger partial charge in [-0.05, 0) is 44.5 Å². The summed E-state index contributed by atoms with van der Waals surface area (Å²) in [7, 11) is 1.76. The lowest BCUT2D eigenvalue weighted by molar-refractivity contribution is -0.123. The van der Waals surface area contributed by atoms with Gasteiger partial charge in [-0.1, -0.05) is 48.0 Å². The quantitative estimate of drug-likeness (QED) is 0.805. The van der Waals surface area contributed by atoms with Crippen molar-refractivity contribution >= 4 is 17.5 Å². The second-order valence-electron chi connectivity index (χ2n) is 6.76. The first kappa shape index (κ1) is 19.7. The maximum Gasteiger partial charge on any atom is 0.238 e. The van der Waals surface area contributed by atoms with Gasteiger partial charge in [0.2, 0.25) is 11.8 Å². The number of carbonyl (C=O) groups is 2. The standard InChI is InChI=1S/C21H27N3O2/c1-15-10-16(2)21(17(3)11-15)23-20(26)14-24(4)13-19(25)22-12-18-8-6-5-7-9-18/h5-11H,12-14H2,1-4H3,(H,22,25)(H,23,26). The Balaban J connectivity index is 1.81. The number of aryl methyl sites for hydroxylation is 3. The first-order valence-electron chi connectivity index (χ1n) is 8.72. The molecule has 0 fully saturated rings. The largest absolute Gasteiger partial charge is 0.351 e. The molecule has 2 rings (SSSR count). The van der Waals surface area contributed by atoms with Crippen LogP contribution in [0.1, 0.15) is 22.3 Å². The summed E-state index contributed by atoms with van der Waals surface area (Å²) in [6, 6.07) is 13.8. The average Bonchev–Trinajstić information content (AvgIpc) is 2.57. The van der Waals surface area contributed by atoms with Crippen LogP contribution < -0.4 is 10.6 Å². The lowest BCUT2D eigenvalue weighted by atomic mass is 10.1. The highest BCUT2D eigenvalue weighted by atomic mass is 16.2. The molecule has 138 valence electrons. The predicted octanol–water partition coefficient (Wildman–Crippen LogP) is 2.80. The van der Waals surface area contributed by atoms with Gasteiger partial charge in [0.1, 0.15) is 0 Å². The molecule has 0 saturated carbocycles. The molecule has 2 N–H and O–H groups in total. The molecule has 0 aliphatic heterocycles. The van der Waals surface area contributed by atoms with Crippen LogP contribution in [-0.4, -0.2) is 36.9 Å². The van der Waals surface area contributed by atoms with E-state index in [1.165, 1.54) is 5.56 Å². The molecule has 0 aliphatic rings. The van der Waals surface area contributed by atoms with E-state index in [0.29, 0.717) is 6.54 Å². The molecule has 0 unspecified atom stereocenters. The minimum absolute atomic E-state index is 0.105. The molecule has 2 amide bonds. The van der Waals surface area contributed by atoms with E-state index in [1.54, 1.807) is 11.9 Å². The van der Waals surface area contributed by atoms with Gasteiger partial charge in [0.15, 0.2) is 0 Å². The topological polar surface area (TPSA) is 61.4 Å². The van der Waals surface area contributed by atoms with Crippen molar-refractivity contribution in [3.8, 4) is 0 Å². The number of rotatable bonds is 7. The maximum absolute atomic E-state index is 12.3. The summed E-state index contributed by atoms with van der Waals surface area (Å²) in [4.78, 5) is 26.0. The van der Waals surface area contributed by atoms with Gasteiger partial charge in [-0.15, -0.1) is 0 Å². The first-order chi connectivity index (χ1) is 12.3. The van der Waals surface area contributed by atoms with Gasteiger partial charge >= 0.3 is 0 Å². The van der Waals surface area contributed by atoms with Crippen LogP contribution in [0.2, 0.25) is 0 Å². The summed E-state index contributed by atoms with van der Waals surface area (Å²) in [5, 5.41) is 5.82. The van der Waals surface area contributed by atoms with Crippen molar-refractivity contribution in [3.05, 3.63) is 64.7 Å². The third kappa shape index (κ3) is 6.01. The average molecular weight is 353 g/mol. The number of hydrogen-bond donors (Lipinski definition) is 2. The molecule has 0 aromatic heterocycles. The van der Waals surface area contributed by atoms with Gasteiger partial charge in [-0.25, -0.2) is 0 Å². The Hall–Kier alpha value is -2.66. The second kappa shape index (κ2) is 9.15. The van der Waals surface area contributed by atoms with E-state index in [9.17, 15) is 9.59 Å². The molecule has 5 nitrogen and oxygen atoms in total. The van der Waals surface area contributed by atoms with Crippen LogP contribution >= 0.6 is 0 Å². The number of benzene rings is 2. The zero-order valence-corrected chi connectivity index (χ0v) is 15.9. The van der Waals surface area contributed by atoms with Crippen molar-refractivity contribution in [2.75, 3.05) is 25.5 Å². The molecule has 0 bridgehead atoms. The zero-order chi connectivity index (χ0) is 19.1. The first-order valence-corrected chi connectivity index (χ1v) is 8.72. The van der Waals surface area contributed by atoms with Crippen LogP contribution in [0, 0.1) is 20.8 Å². The molecule has 0 atom stereocenters. The highest BCUT2D eigenvalue weighted by Gasteiger charge is 2.13. The molecular weight excluding hydrogens is 326 g/mol. The fraction of sp³-hybridized carbons (Fsp3) is 0.333.